The minimum Gasteiger partial charge on any atom is -0.467 e. The van der Waals surface area contributed by atoms with E-state index in [-0.39, 0.29) is 6.42 Å². The lowest BCUT2D eigenvalue weighted by Gasteiger charge is -2.38. The topological polar surface area (TPSA) is 85.4 Å². The molecular formula is C27H38N2O6. The summed E-state index contributed by atoms with van der Waals surface area (Å²) in [4.78, 5) is 43.1. The second-order valence-electron chi connectivity index (χ2n) is 11.5. The van der Waals surface area contributed by atoms with E-state index in [2.05, 4.69) is 6.08 Å². The number of fused-ring (bicyclic) bond motifs is 3. The first-order valence-corrected chi connectivity index (χ1v) is 12.0. The van der Waals surface area contributed by atoms with Gasteiger partial charge < -0.3 is 14.2 Å². The molecule has 2 aliphatic rings. The van der Waals surface area contributed by atoms with E-state index in [9.17, 15) is 14.4 Å². The number of nitrogens with zero attached hydrogens (tertiary/aromatic N) is 2. The first-order valence-electron chi connectivity index (χ1n) is 12.0. The van der Waals surface area contributed by atoms with Gasteiger partial charge in [0.05, 0.1) is 12.8 Å². The highest BCUT2D eigenvalue weighted by atomic mass is 16.6. The first kappa shape index (κ1) is 26.6. The second kappa shape index (κ2) is 9.21. The zero-order valence-corrected chi connectivity index (χ0v) is 22.3. The van der Waals surface area contributed by atoms with Crippen LogP contribution in [0.5, 0.6) is 0 Å². The van der Waals surface area contributed by atoms with Crippen molar-refractivity contribution in [3.63, 3.8) is 0 Å². The predicted molar refractivity (Wildman–Crippen MR) is 133 cm³/mol. The van der Waals surface area contributed by atoms with Crippen molar-refractivity contribution in [3.05, 3.63) is 41.5 Å². The molecule has 1 fully saturated rings. The molecule has 0 spiro atoms. The molecule has 0 N–H and O–H groups in total. The lowest BCUT2D eigenvalue weighted by Crippen LogP contribution is -2.57. The van der Waals surface area contributed by atoms with Crippen LogP contribution in [0.15, 0.2) is 35.9 Å². The molecule has 2 heterocycles. The van der Waals surface area contributed by atoms with E-state index in [1.807, 2.05) is 38.1 Å². The molecule has 192 valence electrons. The number of anilines is 1. The SMILES string of the molecule is COC(=O)[C@@H]1C[C@@]2(CC=C(C)C)c3ccccc3N(C(=O)OC(C)(C)C)[C@H]2N1C(=O)OC(C)(C)C. The van der Waals surface area contributed by atoms with Gasteiger partial charge in [0.25, 0.3) is 0 Å². The molecule has 1 aromatic carbocycles. The van der Waals surface area contributed by atoms with Crippen molar-refractivity contribution in [2.24, 2.45) is 0 Å². The zero-order valence-electron chi connectivity index (χ0n) is 22.3. The minimum absolute atomic E-state index is 0.281. The van der Waals surface area contributed by atoms with Gasteiger partial charge in [-0.2, -0.15) is 0 Å². The summed E-state index contributed by atoms with van der Waals surface area (Å²) < 4.78 is 16.6. The Balaban J connectivity index is 2.27. The van der Waals surface area contributed by atoms with Crippen LogP contribution in [0.4, 0.5) is 15.3 Å². The van der Waals surface area contributed by atoms with Crippen LogP contribution in [0.25, 0.3) is 0 Å². The number of para-hydroxylation sites is 1. The van der Waals surface area contributed by atoms with Crippen molar-refractivity contribution in [1.82, 2.24) is 4.90 Å². The summed E-state index contributed by atoms with van der Waals surface area (Å²) in [5.74, 6) is -0.552. The van der Waals surface area contributed by atoms with E-state index >= 15 is 0 Å². The van der Waals surface area contributed by atoms with Gasteiger partial charge in [-0.05, 0) is 79.9 Å². The summed E-state index contributed by atoms with van der Waals surface area (Å²) in [6, 6.07) is 6.63. The number of hydrogen-bond acceptors (Lipinski definition) is 6. The van der Waals surface area contributed by atoms with Gasteiger partial charge in [-0.25, -0.2) is 14.4 Å². The summed E-state index contributed by atoms with van der Waals surface area (Å²) >= 11 is 0. The molecule has 0 aromatic heterocycles. The van der Waals surface area contributed by atoms with Gasteiger partial charge in [0.15, 0.2) is 0 Å². The van der Waals surface area contributed by atoms with E-state index < -0.39 is 47.0 Å². The predicted octanol–water partition coefficient (Wildman–Crippen LogP) is 5.54. The molecule has 2 aliphatic heterocycles. The number of carbonyl (C=O) groups excluding carboxylic acids is 3. The number of likely N-dealkylation sites (tertiary alicyclic amines) is 1. The molecule has 0 unspecified atom stereocenters. The molecule has 0 saturated carbocycles. The van der Waals surface area contributed by atoms with E-state index in [1.165, 1.54) is 16.9 Å². The highest BCUT2D eigenvalue weighted by Crippen LogP contribution is 2.57. The lowest BCUT2D eigenvalue weighted by molar-refractivity contribution is -0.146. The van der Waals surface area contributed by atoms with Gasteiger partial charge in [-0.3, -0.25) is 9.80 Å². The zero-order chi connectivity index (χ0) is 26.3. The van der Waals surface area contributed by atoms with E-state index in [1.54, 1.807) is 41.5 Å². The fraction of sp³-hybridized carbons (Fsp3) is 0.593. The summed E-state index contributed by atoms with van der Waals surface area (Å²) in [5.41, 5.74) is 0.329. The molecule has 0 radical (unpaired) electrons. The molecular weight excluding hydrogens is 448 g/mol. The van der Waals surface area contributed by atoms with Crippen LogP contribution >= 0.6 is 0 Å². The van der Waals surface area contributed by atoms with Crippen molar-refractivity contribution < 1.29 is 28.6 Å². The fourth-order valence-corrected chi connectivity index (χ4v) is 4.91. The van der Waals surface area contributed by atoms with E-state index in [0.717, 1.165) is 11.1 Å². The van der Waals surface area contributed by atoms with Crippen LogP contribution in [0.2, 0.25) is 0 Å². The molecule has 3 atom stereocenters. The number of carbonyl (C=O) groups is 3. The largest absolute Gasteiger partial charge is 0.467 e. The van der Waals surface area contributed by atoms with Gasteiger partial charge in [0.2, 0.25) is 0 Å². The van der Waals surface area contributed by atoms with Crippen LogP contribution in [0.1, 0.15) is 73.8 Å². The first-order chi connectivity index (χ1) is 16.1. The molecule has 8 nitrogen and oxygen atoms in total. The van der Waals surface area contributed by atoms with Crippen molar-refractivity contribution in [2.75, 3.05) is 12.0 Å². The number of allylic oxidation sites excluding steroid dienone is 2. The van der Waals surface area contributed by atoms with Crippen LogP contribution in [-0.2, 0) is 24.4 Å². The van der Waals surface area contributed by atoms with E-state index in [0.29, 0.717) is 12.1 Å². The molecule has 1 aromatic rings. The number of amides is 2. The van der Waals surface area contributed by atoms with Gasteiger partial charge in [-0.15, -0.1) is 0 Å². The molecule has 8 heteroatoms. The standard InChI is InChI=1S/C27H38N2O6/c1-17(2)14-15-27-16-20(21(30)33-9)29(24(32)35-26(6,7)8)22(27)28(23(31)34-25(3,4)5)19-13-11-10-12-18(19)27/h10-14,20,22H,15-16H2,1-9H3/t20-,22-,27-/m0/s1. The third-order valence-corrected chi connectivity index (χ3v) is 6.14. The maximum atomic E-state index is 13.6. The van der Waals surface area contributed by atoms with Gasteiger partial charge >= 0.3 is 18.2 Å². The van der Waals surface area contributed by atoms with Crippen molar-refractivity contribution in [3.8, 4) is 0 Å². The van der Waals surface area contributed by atoms with Crippen molar-refractivity contribution in [2.45, 2.75) is 97.1 Å². The normalized spacial score (nSPS) is 23.3. The summed E-state index contributed by atoms with van der Waals surface area (Å²) in [6.45, 7) is 14.7. The maximum Gasteiger partial charge on any atom is 0.416 e. The van der Waals surface area contributed by atoms with Gasteiger partial charge in [0.1, 0.15) is 23.4 Å². The minimum atomic E-state index is -0.927. The van der Waals surface area contributed by atoms with Crippen molar-refractivity contribution in [1.29, 1.82) is 0 Å². The van der Waals surface area contributed by atoms with Crippen LogP contribution < -0.4 is 4.90 Å². The molecule has 1 saturated heterocycles. The molecule has 2 amide bonds. The number of methoxy groups -OCH3 is 1. The molecule has 3 rings (SSSR count). The Morgan fingerprint density at radius 3 is 2.11 bits per heavy atom. The highest BCUT2D eigenvalue weighted by molar-refractivity contribution is 5.95. The number of esters is 1. The Kier molecular flexibility index (Phi) is 6.99. The Labute approximate surface area is 208 Å². The average molecular weight is 487 g/mol. The Bertz CT molecular complexity index is 1030. The summed E-state index contributed by atoms with van der Waals surface area (Å²) in [6.07, 6.45) is 0.776. The monoisotopic (exact) mass is 486 g/mol. The third kappa shape index (κ3) is 5.16. The lowest BCUT2D eigenvalue weighted by atomic mass is 9.75. The average Bonchev–Trinajstić information content (AvgIpc) is 3.19. The van der Waals surface area contributed by atoms with Gasteiger partial charge in [-0.1, -0.05) is 29.8 Å². The molecule has 35 heavy (non-hydrogen) atoms. The number of hydrogen-bond donors (Lipinski definition) is 0. The van der Waals surface area contributed by atoms with E-state index in [4.69, 9.17) is 14.2 Å². The quantitative estimate of drug-likeness (QED) is 0.317. The Morgan fingerprint density at radius 1 is 1.00 bits per heavy atom. The smallest absolute Gasteiger partial charge is 0.416 e. The molecule has 0 aliphatic carbocycles. The second-order valence-corrected chi connectivity index (χ2v) is 11.5. The Morgan fingerprint density at radius 2 is 1.57 bits per heavy atom. The summed E-state index contributed by atoms with van der Waals surface area (Å²) in [7, 11) is 1.30. The van der Waals surface area contributed by atoms with Crippen LogP contribution in [-0.4, -0.2) is 53.6 Å². The van der Waals surface area contributed by atoms with Crippen LogP contribution in [0.3, 0.4) is 0 Å². The summed E-state index contributed by atoms with van der Waals surface area (Å²) in [5, 5.41) is 0. The molecule has 0 bridgehead atoms. The number of ether oxygens (including phenoxy) is 3. The van der Waals surface area contributed by atoms with Crippen molar-refractivity contribution >= 4 is 23.8 Å². The third-order valence-electron chi connectivity index (χ3n) is 6.14. The van der Waals surface area contributed by atoms with Gasteiger partial charge in [0, 0.05) is 5.41 Å². The van der Waals surface area contributed by atoms with Crippen LogP contribution in [0, 0.1) is 0 Å². The highest BCUT2D eigenvalue weighted by Gasteiger charge is 2.65. The fourth-order valence-electron chi connectivity index (χ4n) is 4.91. The number of benzene rings is 1. The Hall–Kier alpha value is -3.03. The maximum absolute atomic E-state index is 13.6. The number of rotatable bonds is 3.